The fourth-order valence-electron chi connectivity index (χ4n) is 3.78. The highest BCUT2D eigenvalue weighted by Gasteiger charge is 2.28. The summed E-state index contributed by atoms with van der Waals surface area (Å²) >= 11 is 0. The molecule has 0 spiro atoms. The van der Waals surface area contributed by atoms with Crippen molar-refractivity contribution in [2.45, 2.75) is 19.4 Å². The number of benzene rings is 2. The van der Waals surface area contributed by atoms with Crippen LogP contribution in [-0.2, 0) is 11.3 Å². The van der Waals surface area contributed by atoms with Gasteiger partial charge in [-0.05, 0) is 49.7 Å². The second-order valence-electron chi connectivity index (χ2n) is 7.72. The second kappa shape index (κ2) is 9.74. The first-order valence-electron chi connectivity index (χ1n) is 10.4. The van der Waals surface area contributed by atoms with E-state index < -0.39 is 4.92 Å². The number of methoxy groups -OCH3 is 1. The van der Waals surface area contributed by atoms with Gasteiger partial charge in [0.25, 0.3) is 5.69 Å². The summed E-state index contributed by atoms with van der Waals surface area (Å²) in [6.45, 7) is 1.60. The van der Waals surface area contributed by atoms with Crippen LogP contribution in [0.15, 0.2) is 47.0 Å². The highest BCUT2D eigenvalue weighted by Crippen LogP contribution is 2.30. The first-order chi connectivity index (χ1) is 15.9. The van der Waals surface area contributed by atoms with E-state index in [2.05, 4.69) is 15.5 Å². The molecule has 4 rings (SSSR count). The highest BCUT2D eigenvalue weighted by molar-refractivity contribution is 5.94. The lowest BCUT2D eigenvalue weighted by Gasteiger charge is -2.30. The van der Waals surface area contributed by atoms with Gasteiger partial charge in [-0.15, -0.1) is 0 Å². The Balaban J connectivity index is 1.40. The minimum atomic E-state index is -0.526. The number of aromatic nitrogens is 2. The number of halogens is 1. The van der Waals surface area contributed by atoms with Crippen molar-refractivity contribution in [2.75, 3.05) is 25.5 Å². The zero-order chi connectivity index (χ0) is 23.4. The Bertz CT molecular complexity index is 1150. The van der Waals surface area contributed by atoms with Crippen molar-refractivity contribution in [2.24, 2.45) is 5.92 Å². The molecule has 1 aliphatic rings. The zero-order valence-corrected chi connectivity index (χ0v) is 17.9. The van der Waals surface area contributed by atoms with Gasteiger partial charge in [-0.2, -0.15) is 4.98 Å². The van der Waals surface area contributed by atoms with Gasteiger partial charge < -0.3 is 14.6 Å². The van der Waals surface area contributed by atoms with Crippen LogP contribution in [0.5, 0.6) is 5.75 Å². The summed E-state index contributed by atoms with van der Waals surface area (Å²) in [6, 6.07) is 9.87. The number of piperidine rings is 1. The van der Waals surface area contributed by atoms with Gasteiger partial charge in [0.2, 0.25) is 17.6 Å². The molecule has 1 unspecified atom stereocenters. The van der Waals surface area contributed by atoms with Crippen molar-refractivity contribution in [3.05, 3.63) is 64.3 Å². The number of anilines is 1. The summed E-state index contributed by atoms with van der Waals surface area (Å²) in [5, 5.41) is 17.8. The predicted molar refractivity (Wildman–Crippen MR) is 116 cm³/mol. The molecule has 1 aromatic heterocycles. The van der Waals surface area contributed by atoms with E-state index >= 15 is 0 Å². The van der Waals surface area contributed by atoms with Crippen LogP contribution in [0.3, 0.4) is 0 Å². The molecular formula is C22H22FN5O5. The largest absolute Gasteiger partial charge is 0.495 e. The Morgan fingerprint density at radius 2 is 2.12 bits per heavy atom. The van der Waals surface area contributed by atoms with E-state index in [1.165, 1.54) is 37.4 Å². The molecule has 33 heavy (non-hydrogen) atoms. The number of carbonyl (C=O) groups excluding carboxylic acids is 1. The lowest BCUT2D eigenvalue weighted by atomic mass is 9.97. The number of nitrogens with zero attached hydrogens (tertiary/aromatic N) is 4. The number of likely N-dealkylation sites (tertiary alicyclic amines) is 1. The fraction of sp³-hybridized carbons (Fsp3) is 0.318. The molecule has 1 aliphatic heterocycles. The number of carbonyl (C=O) groups is 1. The van der Waals surface area contributed by atoms with Crippen LogP contribution in [0.25, 0.3) is 11.4 Å². The van der Waals surface area contributed by atoms with Crippen LogP contribution in [0.2, 0.25) is 0 Å². The van der Waals surface area contributed by atoms with E-state index in [4.69, 9.17) is 9.26 Å². The highest BCUT2D eigenvalue weighted by atomic mass is 19.1. The molecule has 1 amide bonds. The summed E-state index contributed by atoms with van der Waals surface area (Å²) in [7, 11) is 1.43. The van der Waals surface area contributed by atoms with E-state index in [1.54, 1.807) is 12.1 Å². The average molecular weight is 455 g/mol. The first-order valence-corrected chi connectivity index (χ1v) is 10.4. The number of hydrogen-bond acceptors (Lipinski definition) is 8. The molecule has 1 saturated heterocycles. The number of nitro groups is 1. The van der Waals surface area contributed by atoms with Gasteiger partial charge in [-0.25, -0.2) is 4.39 Å². The lowest BCUT2D eigenvalue weighted by Crippen LogP contribution is -2.40. The van der Waals surface area contributed by atoms with Crippen molar-refractivity contribution in [1.29, 1.82) is 0 Å². The summed E-state index contributed by atoms with van der Waals surface area (Å²) in [4.78, 5) is 29.8. The molecule has 10 nitrogen and oxygen atoms in total. The van der Waals surface area contributed by atoms with Crippen LogP contribution >= 0.6 is 0 Å². The Morgan fingerprint density at radius 3 is 2.85 bits per heavy atom. The molecule has 11 heteroatoms. The topological polar surface area (TPSA) is 124 Å². The van der Waals surface area contributed by atoms with Crippen LogP contribution < -0.4 is 10.1 Å². The van der Waals surface area contributed by atoms with Crippen molar-refractivity contribution < 1.29 is 23.4 Å². The van der Waals surface area contributed by atoms with Crippen molar-refractivity contribution >= 4 is 17.3 Å². The van der Waals surface area contributed by atoms with Crippen molar-refractivity contribution in [3.8, 4) is 17.1 Å². The van der Waals surface area contributed by atoms with Gasteiger partial charge >= 0.3 is 0 Å². The van der Waals surface area contributed by atoms with Gasteiger partial charge in [-0.3, -0.25) is 19.8 Å². The predicted octanol–water partition coefficient (Wildman–Crippen LogP) is 3.64. The van der Waals surface area contributed by atoms with Gasteiger partial charge in [-0.1, -0.05) is 5.16 Å². The van der Waals surface area contributed by atoms with Gasteiger partial charge in [0.05, 0.1) is 30.2 Å². The van der Waals surface area contributed by atoms with E-state index in [-0.39, 0.29) is 29.0 Å². The normalized spacial score (nSPS) is 16.4. The maximum absolute atomic E-state index is 13.1. The summed E-state index contributed by atoms with van der Waals surface area (Å²) < 4.78 is 23.7. The van der Waals surface area contributed by atoms with Crippen molar-refractivity contribution in [1.82, 2.24) is 15.0 Å². The minimum absolute atomic E-state index is 0.135. The van der Waals surface area contributed by atoms with Crippen LogP contribution in [0.1, 0.15) is 18.7 Å². The molecule has 1 fully saturated rings. The molecule has 2 aromatic carbocycles. The maximum atomic E-state index is 13.1. The molecule has 0 saturated carbocycles. The number of hydrogen-bond donors (Lipinski definition) is 1. The fourth-order valence-corrected chi connectivity index (χ4v) is 3.78. The Labute approximate surface area is 188 Å². The number of amides is 1. The molecule has 3 aromatic rings. The molecule has 1 atom stereocenters. The minimum Gasteiger partial charge on any atom is -0.495 e. The van der Waals surface area contributed by atoms with Gasteiger partial charge in [0, 0.05) is 24.2 Å². The first kappa shape index (κ1) is 22.3. The van der Waals surface area contributed by atoms with E-state index in [0.29, 0.717) is 42.5 Å². The second-order valence-corrected chi connectivity index (χ2v) is 7.72. The van der Waals surface area contributed by atoms with Crippen LogP contribution in [0.4, 0.5) is 15.8 Å². The molecule has 0 radical (unpaired) electrons. The molecule has 0 bridgehead atoms. The Hall–Kier alpha value is -3.86. The molecule has 172 valence electrons. The van der Waals surface area contributed by atoms with E-state index in [9.17, 15) is 19.3 Å². The Kier molecular flexibility index (Phi) is 6.59. The van der Waals surface area contributed by atoms with E-state index in [0.717, 1.165) is 13.0 Å². The third-order valence-electron chi connectivity index (χ3n) is 5.46. The number of nitro benzene ring substituents is 1. The van der Waals surface area contributed by atoms with E-state index in [1.807, 2.05) is 4.90 Å². The summed E-state index contributed by atoms with van der Waals surface area (Å²) in [6.07, 6.45) is 1.48. The molecule has 2 heterocycles. The van der Waals surface area contributed by atoms with Crippen LogP contribution in [-0.4, -0.2) is 46.1 Å². The average Bonchev–Trinajstić information content (AvgIpc) is 3.28. The van der Waals surface area contributed by atoms with Gasteiger partial charge in [0.15, 0.2) is 0 Å². The van der Waals surface area contributed by atoms with Gasteiger partial charge in [0.1, 0.15) is 11.6 Å². The summed E-state index contributed by atoms with van der Waals surface area (Å²) in [5.41, 5.74) is 0.771. The number of non-ortho nitro benzene ring substituents is 1. The third kappa shape index (κ3) is 5.32. The SMILES string of the molecule is COc1ccc([N+](=O)[O-])cc1NC(=O)C1CCCN(Cc2nc(-c3ccc(F)cc3)no2)C1. The zero-order valence-electron chi connectivity index (χ0n) is 17.9. The molecule has 0 aliphatic carbocycles. The molecular weight excluding hydrogens is 433 g/mol. The van der Waals surface area contributed by atoms with Crippen molar-refractivity contribution in [3.63, 3.8) is 0 Å². The Morgan fingerprint density at radius 1 is 1.33 bits per heavy atom. The lowest BCUT2D eigenvalue weighted by molar-refractivity contribution is -0.384. The number of ether oxygens (including phenoxy) is 1. The summed E-state index contributed by atoms with van der Waals surface area (Å²) in [5.74, 6) is 0.215. The standard InChI is InChI=1S/C22H22FN5O5/c1-32-19-9-8-17(28(30)31)11-18(19)24-22(29)15-3-2-10-27(12-15)13-20-25-21(26-33-20)14-4-6-16(23)7-5-14/h4-9,11,15H,2-3,10,12-13H2,1H3,(H,24,29). The number of nitrogens with one attached hydrogen (secondary N) is 1. The third-order valence-corrected chi connectivity index (χ3v) is 5.46. The quantitative estimate of drug-likeness (QED) is 0.423. The smallest absolute Gasteiger partial charge is 0.271 e. The maximum Gasteiger partial charge on any atom is 0.271 e. The monoisotopic (exact) mass is 455 g/mol. The van der Waals surface area contributed by atoms with Crippen LogP contribution in [0, 0.1) is 21.8 Å². The number of rotatable bonds is 7. The molecule has 1 N–H and O–H groups in total.